The zero-order valence-electron chi connectivity index (χ0n) is 19.7. The molecule has 8 heteroatoms. The normalized spacial score (nSPS) is 14.1. The first-order valence-corrected chi connectivity index (χ1v) is 11.5. The molecule has 1 aliphatic rings. The van der Waals surface area contributed by atoms with Gasteiger partial charge in [0.1, 0.15) is 12.4 Å². The molecule has 0 aliphatic carbocycles. The van der Waals surface area contributed by atoms with E-state index in [1.165, 1.54) is 5.56 Å². The van der Waals surface area contributed by atoms with Crippen molar-refractivity contribution in [1.29, 1.82) is 0 Å². The molecule has 1 amide bonds. The molecule has 2 aromatic heterocycles. The van der Waals surface area contributed by atoms with Gasteiger partial charge in [-0.3, -0.25) is 4.79 Å². The maximum Gasteiger partial charge on any atom is 0.253 e. The second kappa shape index (κ2) is 9.23. The lowest BCUT2D eigenvalue weighted by atomic mass is 10.1. The zero-order chi connectivity index (χ0) is 23.7. The Morgan fingerprint density at radius 1 is 0.941 bits per heavy atom. The highest BCUT2D eigenvalue weighted by molar-refractivity contribution is 5.94. The van der Waals surface area contributed by atoms with Gasteiger partial charge >= 0.3 is 0 Å². The van der Waals surface area contributed by atoms with E-state index in [1.54, 1.807) is 7.11 Å². The van der Waals surface area contributed by atoms with E-state index < -0.39 is 0 Å². The number of amides is 1. The minimum Gasteiger partial charge on any atom is -0.377 e. The van der Waals surface area contributed by atoms with Gasteiger partial charge in [0, 0.05) is 38.9 Å². The third kappa shape index (κ3) is 4.12. The predicted octanol–water partition coefficient (Wildman–Crippen LogP) is 3.54. The maximum atomic E-state index is 12.9. The summed E-state index contributed by atoms with van der Waals surface area (Å²) in [5.41, 5.74) is 4.50. The van der Waals surface area contributed by atoms with Crippen LogP contribution in [0.15, 0.2) is 54.6 Å². The first-order chi connectivity index (χ1) is 16.5. The summed E-state index contributed by atoms with van der Waals surface area (Å²) in [6.45, 7) is 7.00. The van der Waals surface area contributed by atoms with Gasteiger partial charge in [-0.15, -0.1) is 0 Å². The SMILES string of the molecule is COCc1nc(N2CCN(C(=O)c3ccccc3)CC2)c2c(C)nn(-c3ccc(C)cc3)c2n1. The van der Waals surface area contributed by atoms with Crippen molar-refractivity contribution in [2.75, 3.05) is 38.2 Å². The summed E-state index contributed by atoms with van der Waals surface area (Å²) in [6, 6.07) is 17.7. The number of fused-ring (bicyclic) bond motifs is 1. The van der Waals surface area contributed by atoms with E-state index in [0.717, 1.165) is 33.8 Å². The Labute approximate surface area is 198 Å². The highest BCUT2D eigenvalue weighted by atomic mass is 16.5. The number of nitrogens with zero attached hydrogens (tertiary/aromatic N) is 6. The number of hydrogen-bond acceptors (Lipinski definition) is 6. The van der Waals surface area contributed by atoms with Crippen molar-refractivity contribution < 1.29 is 9.53 Å². The summed E-state index contributed by atoms with van der Waals surface area (Å²) in [5, 5.41) is 5.74. The Balaban J connectivity index is 1.48. The Bertz CT molecular complexity index is 1310. The van der Waals surface area contributed by atoms with Crippen LogP contribution in [-0.4, -0.2) is 63.8 Å². The number of aryl methyl sites for hydroxylation is 2. The lowest BCUT2D eigenvalue weighted by molar-refractivity contribution is 0.0746. The van der Waals surface area contributed by atoms with E-state index in [2.05, 4.69) is 24.0 Å². The number of aromatic nitrogens is 4. The summed E-state index contributed by atoms with van der Waals surface area (Å²) in [4.78, 5) is 26.7. The van der Waals surface area contributed by atoms with Crippen molar-refractivity contribution >= 4 is 22.8 Å². The lowest BCUT2D eigenvalue weighted by Gasteiger charge is -2.35. The molecule has 2 aromatic carbocycles. The summed E-state index contributed by atoms with van der Waals surface area (Å²) >= 11 is 0. The van der Waals surface area contributed by atoms with Crippen LogP contribution in [0.5, 0.6) is 0 Å². The van der Waals surface area contributed by atoms with Crippen molar-refractivity contribution in [2.24, 2.45) is 0 Å². The summed E-state index contributed by atoms with van der Waals surface area (Å²) < 4.78 is 7.24. The zero-order valence-corrected chi connectivity index (χ0v) is 19.7. The number of benzene rings is 2. The molecule has 1 aliphatic heterocycles. The molecular formula is C26H28N6O2. The number of carbonyl (C=O) groups is 1. The third-order valence-electron chi connectivity index (χ3n) is 6.17. The minimum absolute atomic E-state index is 0.0662. The van der Waals surface area contributed by atoms with Crippen LogP contribution >= 0.6 is 0 Å². The van der Waals surface area contributed by atoms with Gasteiger partial charge in [-0.05, 0) is 38.1 Å². The largest absolute Gasteiger partial charge is 0.377 e. The monoisotopic (exact) mass is 456 g/mol. The van der Waals surface area contributed by atoms with Gasteiger partial charge in [0.05, 0.1) is 16.8 Å². The minimum atomic E-state index is 0.0662. The van der Waals surface area contributed by atoms with Crippen LogP contribution in [0.3, 0.4) is 0 Å². The molecule has 1 saturated heterocycles. The number of piperazine rings is 1. The molecule has 0 bridgehead atoms. The molecule has 4 aromatic rings. The van der Waals surface area contributed by atoms with E-state index in [-0.39, 0.29) is 5.91 Å². The Kier molecular flexibility index (Phi) is 5.98. The van der Waals surface area contributed by atoms with Gasteiger partial charge in [0.2, 0.25) is 0 Å². The van der Waals surface area contributed by atoms with Crippen LogP contribution in [0.2, 0.25) is 0 Å². The van der Waals surface area contributed by atoms with Crippen LogP contribution in [0.1, 0.15) is 27.4 Å². The molecule has 0 unspecified atom stereocenters. The van der Waals surface area contributed by atoms with E-state index in [0.29, 0.717) is 38.6 Å². The number of methoxy groups -OCH3 is 1. The average Bonchev–Trinajstić information content (AvgIpc) is 3.20. The van der Waals surface area contributed by atoms with E-state index in [9.17, 15) is 4.79 Å². The quantitative estimate of drug-likeness (QED) is 0.457. The number of ether oxygens (including phenoxy) is 1. The third-order valence-corrected chi connectivity index (χ3v) is 6.17. The van der Waals surface area contributed by atoms with Crippen LogP contribution in [0.25, 0.3) is 16.7 Å². The maximum absolute atomic E-state index is 12.9. The number of hydrogen-bond donors (Lipinski definition) is 0. The highest BCUT2D eigenvalue weighted by Crippen LogP contribution is 2.30. The van der Waals surface area contributed by atoms with Gasteiger partial charge in [0.25, 0.3) is 5.91 Å². The average molecular weight is 457 g/mol. The van der Waals surface area contributed by atoms with Crippen LogP contribution in [0.4, 0.5) is 5.82 Å². The summed E-state index contributed by atoms with van der Waals surface area (Å²) in [6.07, 6.45) is 0. The van der Waals surface area contributed by atoms with Crippen molar-refractivity contribution in [3.8, 4) is 5.69 Å². The molecule has 5 rings (SSSR count). The molecule has 0 atom stereocenters. The van der Waals surface area contributed by atoms with Crippen molar-refractivity contribution in [1.82, 2.24) is 24.6 Å². The fraction of sp³-hybridized carbons (Fsp3) is 0.308. The fourth-order valence-corrected chi connectivity index (χ4v) is 4.38. The molecule has 1 fully saturated rings. The topological polar surface area (TPSA) is 76.4 Å². The first-order valence-electron chi connectivity index (χ1n) is 11.5. The smallest absolute Gasteiger partial charge is 0.253 e. The molecular weight excluding hydrogens is 428 g/mol. The number of anilines is 1. The van der Waals surface area contributed by atoms with Crippen molar-refractivity contribution in [2.45, 2.75) is 20.5 Å². The molecule has 0 N–H and O–H groups in total. The Hall–Kier alpha value is -3.78. The Morgan fingerprint density at radius 2 is 1.65 bits per heavy atom. The Morgan fingerprint density at radius 3 is 2.32 bits per heavy atom. The molecule has 3 heterocycles. The predicted molar refractivity (Wildman–Crippen MR) is 131 cm³/mol. The summed E-state index contributed by atoms with van der Waals surface area (Å²) in [7, 11) is 1.64. The molecule has 0 saturated carbocycles. The second-order valence-electron chi connectivity index (χ2n) is 8.57. The van der Waals surface area contributed by atoms with E-state index in [4.69, 9.17) is 19.8 Å². The van der Waals surface area contributed by atoms with Crippen LogP contribution in [0, 0.1) is 13.8 Å². The van der Waals surface area contributed by atoms with Crippen LogP contribution in [-0.2, 0) is 11.3 Å². The number of rotatable bonds is 5. The van der Waals surface area contributed by atoms with Gasteiger partial charge in [-0.1, -0.05) is 35.9 Å². The molecule has 0 radical (unpaired) electrons. The molecule has 8 nitrogen and oxygen atoms in total. The highest BCUT2D eigenvalue weighted by Gasteiger charge is 2.26. The van der Waals surface area contributed by atoms with Gasteiger partial charge < -0.3 is 14.5 Å². The van der Waals surface area contributed by atoms with Crippen molar-refractivity contribution in [3.05, 3.63) is 77.2 Å². The summed E-state index contributed by atoms with van der Waals surface area (Å²) in [5.74, 6) is 1.53. The first kappa shape index (κ1) is 22.0. The standard InChI is InChI=1S/C26H28N6O2/c1-18-9-11-21(12-10-18)32-25-23(19(2)29-32)24(27-22(28-25)17-34-3)30-13-15-31(16-14-30)26(33)20-7-5-4-6-8-20/h4-12H,13-17H2,1-3H3. The number of carbonyl (C=O) groups excluding carboxylic acids is 1. The van der Waals surface area contributed by atoms with E-state index in [1.807, 2.05) is 59.0 Å². The van der Waals surface area contributed by atoms with Crippen molar-refractivity contribution in [3.63, 3.8) is 0 Å². The van der Waals surface area contributed by atoms with E-state index >= 15 is 0 Å². The van der Waals surface area contributed by atoms with Gasteiger partial charge in [-0.2, -0.15) is 5.10 Å². The van der Waals surface area contributed by atoms with Crippen LogP contribution < -0.4 is 4.90 Å². The second-order valence-corrected chi connectivity index (χ2v) is 8.57. The molecule has 0 spiro atoms. The molecule has 174 valence electrons. The fourth-order valence-electron chi connectivity index (χ4n) is 4.38. The van der Waals surface area contributed by atoms with Gasteiger partial charge in [-0.25, -0.2) is 14.6 Å². The molecule has 34 heavy (non-hydrogen) atoms. The van der Waals surface area contributed by atoms with Gasteiger partial charge in [0.15, 0.2) is 11.5 Å². The lowest BCUT2D eigenvalue weighted by Crippen LogP contribution is -2.49.